The Morgan fingerprint density at radius 3 is 2.92 bits per heavy atom. The van der Waals surface area contributed by atoms with Gasteiger partial charge in [0.1, 0.15) is 0 Å². The average Bonchev–Trinajstić information content (AvgIpc) is 3.29. The van der Waals surface area contributed by atoms with Gasteiger partial charge in [0.25, 0.3) is 0 Å². The Kier molecular flexibility index (Phi) is 5.17. The fourth-order valence-electron chi connectivity index (χ4n) is 4.12. The number of ether oxygens (including phenoxy) is 1. The van der Waals surface area contributed by atoms with Crippen molar-refractivity contribution in [3.05, 3.63) is 52.5 Å². The predicted octanol–water partition coefficient (Wildman–Crippen LogP) is 3.40. The molecule has 0 radical (unpaired) electrons. The summed E-state index contributed by atoms with van der Waals surface area (Å²) in [4.78, 5) is 9.23. The highest BCUT2D eigenvalue weighted by Crippen LogP contribution is 2.38. The summed E-state index contributed by atoms with van der Waals surface area (Å²) in [6.45, 7) is 5.19. The van der Waals surface area contributed by atoms with Crippen LogP contribution in [0.3, 0.4) is 0 Å². The summed E-state index contributed by atoms with van der Waals surface area (Å²) in [5.74, 6) is 0. The van der Waals surface area contributed by atoms with Gasteiger partial charge in [-0.05, 0) is 60.3 Å². The van der Waals surface area contributed by atoms with E-state index >= 15 is 0 Å². The van der Waals surface area contributed by atoms with Gasteiger partial charge in [0.05, 0.1) is 12.2 Å². The third-order valence-corrected chi connectivity index (χ3v) is 6.45. The van der Waals surface area contributed by atoms with Crippen LogP contribution in [0.4, 0.5) is 0 Å². The Morgan fingerprint density at radius 2 is 2.20 bits per heavy atom. The first-order valence-electron chi connectivity index (χ1n) is 9.19. The molecule has 0 bridgehead atoms. The number of aromatic nitrogens is 1. The van der Waals surface area contributed by atoms with Crippen molar-refractivity contribution < 1.29 is 4.74 Å². The number of hydrogen-bond acceptors (Lipinski definition) is 5. The molecule has 4 nitrogen and oxygen atoms in total. The molecule has 2 aromatic heterocycles. The largest absolute Gasteiger partial charge is 0.373 e. The highest BCUT2D eigenvalue weighted by Gasteiger charge is 2.43. The Balaban J connectivity index is 1.28. The first-order chi connectivity index (χ1) is 12.2. The number of likely N-dealkylation sites (N-methyl/N-ethyl adjacent to an activating group) is 1. The lowest BCUT2D eigenvalue weighted by Gasteiger charge is -2.39. The zero-order valence-electron chi connectivity index (χ0n) is 14.9. The van der Waals surface area contributed by atoms with Gasteiger partial charge in [-0.1, -0.05) is 6.07 Å². The van der Waals surface area contributed by atoms with Crippen molar-refractivity contribution in [2.75, 3.05) is 26.7 Å². The molecule has 1 atom stereocenters. The summed E-state index contributed by atoms with van der Waals surface area (Å²) in [6.07, 6.45) is 7.28. The number of hydrogen-bond donors (Lipinski definition) is 0. The van der Waals surface area contributed by atoms with Crippen LogP contribution >= 0.6 is 11.3 Å². The van der Waals surface area contributed by atoms with Crippen molar-refractivity contribution in [3.63, 3.8) is 0 Å². The quantitative estimate of drug-likeness (QED) is 0.820. The number of nitrogens with zero attached hydrogens (tertiary/aromatic N) is 3. The van der Waals surface area contributed by atoms with E-state index < -0.39 is 0 Å². The Morgan fingerprint density at radius 1 is 1.32 bits per heavy atom. The minimum absolute atomic E-state index is 0.110. The van der Waals surface area contributed by atoms with Crippen molar-refractivity contribution in [1.29, 1.82) is 0 Å². The number of pyridine rings is 1. The minimum Gasteiger partial charge on any atom is -0.373 e. The molecule has 2 aliphatic heterocycles. The molecule has 2 saturated heterocycles. The van der Waals surface area contributed by atoms with E-state index in [4.69, 9.17) is 4.74 Å². The third-order valence-electron chi connectivity index (χ3n) is 5.72. The van der Waals surface area contributed by atoms with Crippen LogP contribution in [0, 0.1) is 0 Å². The van der Waals surface area contributed by atoms with Gasteiger partial charge in [-0.2, -0.15) is 11.3 Å². The van der Waals surface area contributed by atoms with Crippen molar-refractivity contribution in [1.82, 2.24) is 14.8 Å². The van der Waals surface area contributed by atoms with E-state index in [1.807, 2.05) is 18.5 Å². The molecule has 2 aliphatic rings. The molecule has 5 heteroatoms. The lowest BCUT2D eigenvalue weighted by molar-refractivity contribution is -0.0452. The molecule has 0 aromatic carbocycles. The summed E-state index contributed by atoms with van der Waals surface area (Å²) < 4.78 is 6.35. The zero-order chi connectivity index (χ0) is 17.1. The second-order valence-electron chi connectivity index (χ2n) is 7.54. The zero-order valence-corrected chi connectivity index (χ0v) is 15.8. The van der Waals surface area contributed by atoms with Gasteiger partial charge in [0.2, 0.25) is 0 Å². The maximum Gasteiger partial charge on any atom is 0.0723 e. The molecule has 25 heavy (non-hydrogen) atoms. The lowest BCUT2D eigenvalue weighted by Crippen LogP contribution is -2.44. The van der Waals surface area contributed by atoms with E-state index in [1.54, 1.807) is 11.3 Å². The third kappa shape index (κ3) is 4.11. The van der Waals surface area contributed by atoms with Gasteiger partial charge >= 0.3 is 0 Å². The molecule has 4 heterocycles. The number of thiophene rings is 1. The number of likely N-dealkylation sites (tertiary alicyclic amines) is 1. The number of piperidine rings is 1. The molecule has 1 unspecified atom stereocenters. The standard InChI is InChI=1S/C20H27N3OS/c1-22(13-17-3-2-7-21-12-17)19-11-20(24-15-19)5-8-23(9-6-20)14-18-4-10-25-16-18/h2-4,7,10,12,16,19H,5-6,8-9,11,13-15H2,1H3. The monoisotopic (exact) mass is 357 g/mol. The van der Waals surface area contributed by atoms with E-state index in [9.17, 15) is 0 Å². The molecule has 0 amide bonds. The highest BCUT2D eigenvalue weighted by atomic mass is 32.1. The topological polar surface area (TPSA) is 28.6 Å². The van der Waals surface area contributed by atoms with Gasteiger partial charge in [-0.3, -0.25) is 14.8 Å². The van der Waals surface area contributed by atoms with Gasteiger partial charge < -0.3 is 4.74 Å². The Labute approximate surface area is 154 Å². The molecule has 4 rings (SSSR count). The predicted molar refractivity (Wildman–Crippen MR) is 102 cm³/mol. The molecule has 0 saturated carbocycles. The first kappa shape index (κ1) is 17.2. The van der Waals surface area contributed by atoms with Crippen LogP contribution in [-0.4, -0.2) is 53.2 Å². The summed E-state index contributed by atoms with van der Waals surface area (Å²) in [7, 11) is 2.21. The van der Waals surface area contributed by atoms with Gasteiger partial charge in [-0.15, -0.1) is 0 Å². The molecule has 2 aromatic rings. The fraction of sp³-hybridized carbons (Fsp3) is 0.550. The maximum absolute atomic E-state index is 6.35. The summed E-state index contributed by atoms with van der Waals surface area (Å²) in [5.41, 5.74) is 2.83. The van der Waals surface area contributed by atoms with Crippen molar-refractivity contribution >= 4 is 11.3 Å². The van der Waals surface area contributed by atoms with E-state index in [2.05, 4.69) is 44.7 Å². The van der Waals surface area contributed by atoms with Crippen LogP contribution in [0.25, 0.3) is 0 Å². The van der Waals surface area contributed by atoms with Gasteiger partial charge in [-0.25, -0.2) is 0 Å². The molecule has 1 spiro atoms. The van der Waals surface area contributed by atoms with E-state index in [1.165, 1.54) is 11.1 Å². The Bertz CT molecular complexity index is 653. The second-order valence-corrected chi connectivity index (χ2v) is 8.32. The fourth-order valence-corrected chi connectivity index (χ4v) is 4.78. The van der Waals surface area contributed by atoms with Crippen LogP contribution in [0.15, 0.2) is 41.4 Å². The summed E-state index contributed by atoms with van der Waals surface area (Å²) >= 11 is 1.79. The summed E-state index contributed by atoms with van der Waals surface area (Å²) in [5, 5.41) is 4.43. The van der Waals surface area contributed by atoms with Crippen LogP contribution in [0.2, 0.25) is 0 Å². The lowest BCUT2D eigenvalue weighted by atomic mass is 9.87. The highest BCUT2D eigenvalue weighted by molar-refractivity contribution is 7.07. The molecule has 0 N–H and O–H groups in total. The molecular weight excluding hydrogens is 330 g/mol. The second kappa shape index (κ2) is 7.54. The van der Waals surface area contributed by atoms with Crippen molar-refractivity contribution in [2.24, 2.45) is 0 Å². The maximum atomic E-state index is 6.35. The van der Waals surface area contributed by atoms with Crippen LogP contribution in [0.5, 0.6) is 0 Å². The van der Waals surface area contributed by atoms with Crippen molar-refractivity contribution in [2.45, 2.75) is 44.0 Å². The van der Waals surface area contributed by atoms with Crippen molar-refractivity contribution in [3.8, 4) is 0 Å². The van der Waals surface area contributed by atoms with E-state index in [0.29, 0.717) is 6.04 Å². The summed E-state index contributed by atoms with van der Waals surface area (Å²) in [6, 6.07) is 6.92. The van der Waals surface area contributed by atoms with Gasteiger partial charge in [0.15, 0.2) is 0 Å². The molecule has 134 valence electrons. The van der Waals surface area contributed by atoms with E-state index in [0.717, 1.165) is 52.0 Å². The minimum atomic E-state index is 0.110. The average molecular weight is 358 g/mol. The molecule has 2 fully saturated rings. The van der Waals surface area contributed by atoms with E-state index in [-0.39, 0.29) is 5.60 Å². The molecule has 0 aliphatic carbocycles. The SMILES string of the molecule is CN(Cc1cccnc1)C1COC2(CCN(Cc3ccsc3)CC2)C1. The van der Waals surface area contributed by atoms with Crippen LogP contribution in [-0.2, 0) is 17.8 Å². The van der Waals surface area contributed by atoms with Crippen LogP contribution < -0.4 is 0 Å². The molecular formula is C20H27N3OS. The van der Waals surface area contributed by atoms with Crippen LogP contribution in [0.1, 0.15) is 30.4 Å². The number of rotatable bonds is 5. The van der Waals surface area contributed by atoms with Gasteiger partial charge in [0, 0.05) is 44.6 Å². The Hall–Kier alpha value is -1.27. The first-order valence-corrected chi connectivity index (χ1v) is 10.1. The normalized spacial score (nSPS) is 23.5. The smallest absolute Gasteiger partial charge is 0.0723 e.